The Labute approximate surface area is 186 Å². The molecule has 152 valence electrons. The van der Waals surface area contributed by atoms with Crippen LogP contribution < -0.4 is 9.62 Å². The second-order valence-electron chi connectivity index (χ2n) is 5.86. The van der Waals surface area contributed by atoms with Crippen molar-refractivity contribution in [2.75, 3.05) is 22.4 Å². The van der Waals surface area contributed by atoms with Crippen LogP contribution in [0, 0.1) is 0 Å². The van der Waals surface area contributed by atoms with Crippen molar-refractivity contribution in [3.05, 3.63) is 57.5 Å². The Hall–Kier alpha value is -1.91. The van der Waals surface area contributed by atoms with Gasteiger partial charge in [-0.3, -0.25) is 14.4 Å². The minimum Gasteiger partial charge on any atom is -0.299 e. The third-order valence-electron chi connectivity index (χ3n) is 3.59. The van der Waals surface area contributed by atoms with Crippen molar-refractivity contribution in [1.29, 1.82) is 0 Å². The zero-order valence-electron chi connectivity index (χ0n) is 14.8. The quantitative estimate of drug-likeness (QED) is 0.545. The molecule has 3 aromatic rings. The summed E-state index contributed by atoms with van der Waals surface area (Å²) in [6, 6.07) is 11.3. The van der Waals surface area contributed by atoms with Crippen LogP contribution in [-0.2, 0) is 14.8 Å². The Morgan fingerprint density at radius 2 is 1.66 bits per heavy atom. The molecule has 0 saturated heterocycles. The van der Waals surface area contributed by atoms with Gasteiger partial charge in [0.05, 0.1) is 11.9 Å². The molecule has 2 aromatic carbocycles. The van der Waals surface area contributed by atoms with Gasteiger partial charge in [-0.25, -0.2) is 8.42 Å². The van der Waals surface area contributed by atoms with Crippen LogP contribution in [0.3, 0.4) is 0 Å². The van der Waals surface area contributed by atoms with Gasteiger partial charge in [-0.15, -0.1) is 10.2 Å². The van der Waals surface area contributed by atoms with Gasteiger partial charge in [0.2, 0.25) is 21.1 Å². The number of halogens is 3. The Bertz CT molecular complexity index is 1130. The molecule has 1 amide bonds. The first-order valence-corrected chi connectivity index (χ1v) is 11.7. The molecule has 0 aliphatic heterocycles. The zero-order chi connectivity index (χ0) is 21.2. The number of anilines is 2. The molecule has 7 nitrogen and oxygen atoms in total. The van der Waals surface area contributed by atoms with Crippen molar-refractivity contribution >= 4 is 72.9 Å². The SMILES string of the molecule is CS(=O)(=O)N(CC(=O)Nc1nnc(-c2ccc(Cl)cc2)s1)c1cc(Cl)cc(Cl)c1. The number of aromatic nitrogens is 2. The molecule has 0 aliphatic rings. The number of carbonyl (C=O) groups is 1. The zero-order valence-corrected chi connectivity index (χ0v) is 18.7. The van der Waals surface area contributed by atoms with Gasteiger partial charge >= 0.3 is 0 Å². The average molecular weight is 492 g/mol. The summed E-state index contributed by atoms with van der Waals surface area (Å²) < 4.78 is 25.3. The molecule has 0 bridgehead atoms. The smallest absolute Gasteiger partial charge is 0.246 e. The summed E-state index contributed by atoms with van der Waals surface area (Å²) in [4.78, 5) is 12.4. The fourth-order valence-electron chi connectivity index (χ4n) is 2.36. The van der Waals surface area contributed by atoms with E-state index in [4.69, 9.17) is 34.8 Å². The van der Waals surface area contributed by atoms with E-state index in [1.807, 2.05) is 0 Å². The van der Waals surface area contributed by atoms with E-state index < -0.39 is 22.5 Å². The van der Waals surface area contributed by atoms with E-state index in [9.17, 15) is 13.2 Å². The van der Waals surface area contributed by atoms with Crippen molar-refractivity contribution in [2.45, 2.75) is 0 Å². The second kappa shape index (κ2) is 8.85. The Morgan fingerprint density at radius 1 is 1.03 bits per heavy atom. The predicted octanol–water partition coefficient (Wildman–Crippen LogP) is 4.57. The van der Waals surface area contributed by atoms with E-state index in [2.05, 4.69) is 15.5 Å². The maximum Gasteiger partial charge on any atom is 0.246 e. The number of amides is 1. The number of nitrogens with zero attached hydrogens (tertiary/aromatic N) is 3. The fourth-order valence-corrected chi connectivity index (χ4v) is 4.60. The summed E-state index contributed by atoms with van der Waals surface area (Å²) in [6.45, 7) is -0.481. The van der Waals surface area contributed by atoms with Gasteiger partial charge in [0, 0.05) is 20.6 Å². The van der Waals surface area contributed by atoms with Gasteiger partial charge in [0.15, 0.2) is 0 Å². The first-order valence-electron chi connectivity index (χ1n) is 7.95. The molecule has 0 aliphatic carbocycles. The highest BCUT2D eigenvalue weighted by Gasteiger charge is 2.22. The summed E-state index contributed by atoms with van der Waals surface area (Å²) in [5, 5.41) is 12.4. The third-order valence-corrected chi connectivity index (χ3v) is 6.30. The van der Waals surface area contributed by atoms with E-state index >= 15 is 0 Å². The van der Waals surface area contributed by atoms with Crippen molar-refractivity contribution in [1.82, 2.24) is 10.2 Å². The summed E-state index contributed by atoms with van der Waals surface area (Å²) in [6.07, 6.45) is 0.985. The molecule has 0 atom stereocenters. The van der Waals surface area contributed by atoms with Gasteiger partial charge in [0.1, 0.15) is 11.6 Å². The molecule has 12 heteroatoms. The van der Waals surface area contributed by atoms with Crippen LogP contribution in [0.25, 0.3) is 10.6 Å². The number of sulfonamides is 1. The molecule has 0 radical (unpaired) electrons. The molecule has 0 saturated carbocycles. The van der Waals surface area contributed by atoms with Crippen molar-refractivity contribution < 1.29 is 13.2 Å². The molecule has 0 spiro atoms. The van der Waals surface area contributed by atoms with Crippen LogP contribution in [0.4, 0.5) is 10.8 Å². The average Bonchev–Trinajstić information content (AvgIpc) is 3.07. The Balaban J connectivity index is 1.76. The summed E-state index contributed by atoms with van der Waals surface area (Å²) in [7, 11) is -3.77. The van der Waals surface area contributed by atoms with Gasteiger partial charge in [0.25, 0.3) is 0 Å². The summed E-state index contributed by atoms with van der Waals surface area (Å²) in [5.74, 6) is -0.592. The molecule has 1 heterocycles. The molecular formula is C17H13Cl3N4O3S2. The van der Waals surface area contributed by atoms with Crippen LogP contribution in [0.1, 0.15) is 0 Å². The summed E-state index contributed by atoms with van der Waals surface area (Å²) in [5.41, 5.74) is 0.970. The highest BCUT2D eigenvalue weighted by molar-refractivity contribution is 7.92. The van der Waals surface area contributed by atoms with Crippen molar-refractivity contribution in [3.8, 4) is 10.6 Å². The second-order valence-corrected chi connectivity index (χ2v) is 10.1. The molecule has 0 fully saturated rings. The fraction of sp³-hybridized carbons (Fsp3) is 0.118. The lowest BCUT2D eigenvalue weighted by Crippen LogP contribution is -2.37. The van der Waals surface area contributed by atoms with E-state index in [0.717, 1.165) is 27.5 Å². The number of benzene rings is 2. The van der Waals surface area contributed by atoms with E-state index in [-0.39, 0.29) is 20.9 Å². The van der Waals surface area contributed by atoms with E-state index in [1.165, 1.54) is 18.2 Å². The van der Waals surface area contributed by atoms with Gasteiger partial charge in [-0.2, -0.15) is 0 Å². The van der Waals surface area contributed by atoms with E-state index in [0.29, 0.717) is 10.0 Å². The molecule has 1 aromatic heterocycles. The van der Waals surface area contributed by atoms with Crippen molar-refractivity contribution in [3.63, 3.8) is 0 Å². The number of rotatable bonds is 6. The normalized spacial score (nSPS) is 11.3. The standard InChI is InChI=1S/C17H13Cl3N4O3S2/c1-29(26,27)24(14-7-12(19)6-13(20)8-14)9-15(25)21-17-23-22-16(28-17)10-2-4-11(18)5-3-10/h2-8H,9H2,1H3,(H,21,23,25). The summed E-state index contributed by atoms with van der Waals surface area (Å²) >= 11 is 18.9. The van der Waals surface area contributed by atoms with Crippen LogP contribution >= 0.6 is 46.1 Å². The number of hydrogen-bond acceptors (Lipinski definition) is 6. The van der Waals surface area contributed by atoms with Crippen LogP contribution in [0.5, 0.6) is 0 Å². The number of hydrogen-bond donors (Lipinski definition) is 1. The van der Waals surface area contributed by atoms with Gasteiger partial charge in [-0.1, -0.05) is 58.3 Å². The lowest BCUT2D eigenvalue weighted by atomic mass is 10.2. The highest BCUT2D eigenvalue weighted by atomic mass is 35.5. The highest BCUT2D eigenvalue weighted by Crippen LogP contribution is 2.29. The first kappa shape index (κ1) is 21.8. The van der Waals surface area contributed by atoms with Crippen LogP contribution in [0.15, 0.2) is 42.5 Å². The third kappa shape index (κ3) is 5.80. The number of nitrogens with one attached hydrogen (secondary N) is 1. The number of carbonyl (C=O) groups excluding carboxylic acids is 1. The lowest BCUT2D eigenvalue weighted by molar-refractivity contribution is -0.114. The van der Waals surface area contributed by atoms with Crippen molar-refractivity contribution in [2.24, 2.45) is 0 Å². The van der Waals surface area contributed by atoms with Crippen LogP contribution in [0.2, 0.25) is 15.1 Å². The van der Waals surface area contributed by atoms with E-state index in [1.54, 1.807) is 24.3 Å². The lowest BCUT2D eigenvalue weighted by Gasteiger charge is -2.22. The minimum atomic E-state index is -3.77. The molecule has 3 rings (SSSR count). The predicted molar refractivity (Wildman–Crippen MR) is 118 cm³/mol. The molecule has 0 unspecified atom stereocenters. The largest absolute Gasteiger partial charge is 0.299 e. The Morgan fingerprint density at radius 3 is 2.24 bits per heavy atom. The molecule has 29 heavy (non-hydrogen) atoms. The Kier molecular flexibility index (Phi) is 6.65. The molecular weight excluding hydrogens is 479 g/mol. The molecule has 1 N–H and O–H groups in total. The maximum atomic E-state index is 12.4. The van der Waals surface area contributed by atoms with Gasteiger partial charge in [-0.05, 0) is 30.3 Å². The topological polar surface area (TPSA) is 92.3 Å². The first-order chi connectivity index (χ1) is 13.6. The minimum absolute atomic E-state index is 0.180. The van der Waals surface area contributed by atoms with Crippen LogP contribution in [-0.4, -0.2) is 37.3 Å². The van der Waals surface area contributed by atoms with Gasteiger partial charge < -0.3 is 0 Å². The maximum absolute atomic E-state index is 12.4. The monoisotopic (exact) mass is 490 g/mol.